The van der Waals surface area contributed by atoms with E-state index in [1.54, 1.807) is 0 Å². The van der Waals surface area contributed by atoms with Gasteiger partial charge >= 0.3 is 0 Å². The maximum absolute atomic E-state index is 13.1. The van der Waals surface area contributed by atoms with Gasteiger partial charge < -0.3 is 9.84 Å². The van der Waals surface area contributed by atoms with Crippen molar-refractivity contribution in [1.82, 2.24) is 15.5 Å². The molecule has 0 fully saturated rings. The SMILES string of the molecule is CC(=O)NCc1ccc(-c2noc(-c3ccc(F)cc3Cl)n2)s1. The Morgan fingerprint density at radius 1 is 1.39 bits per heavy atom. The number of carbonyl (C=O) groups excluding carboxylic acids is 1. The van der Waals surface area contributed by atoms with Crippen LogP contribution in [0.3, 0.4) is 0 Å². The smallest absolute Gasteiger partial charge is 0.259 e. The average molecular weight is 352 g/mol. The lowest BCUT2D eigenvalue weighted by atomic mass is 10.2. The molecule has 0 atom stereocenters. The van der Waals surface area contributed by atoms with Gasteiger partial charge in [-0.25, -0.2) is 4.39 Å². The Labute approximate surface area is 140 Å². The molecule has 1 amide bonds. The van der Waals surface area contributed by atoms with E-state index in [2.05, 4.69) is 15.5 Å². The molecule has 2 heterocycles. The Morgan fingerprint density at radius 3 is 2.96 bits per heavy atom. The van der Waals surface area contributed by atoms with Crippen LogP contribution in [-0.4, -0.2) is 16.0 Å². The number of halogens is 2. The van der Waals surface area contributed by atoms with Crippen LogP contribution in [0, 0.1) is 5.82 Å². The van der Waals surface area contributed by atoms with E-state index in [4.69, 9.17) is 16.1 Å². The molecule has 0 saturated carbocycles. The molecule has 0 unspecified atom stereocenters. The molecular weight excluding hydrogens is 341 g/mol. The van der Waals surface area contributed by atoms with Gasteiger partial charge in [-0.2, -0.15) is 4.98 Å². The molecule has 3 rings (SSSR count). The Kier molecular flexibility index (Phi) is 4.40. The van der Waals surface area contributed by atoms with Crippen molar-refractivity contribution in [1.29, 1.82) is 0 Å². The molecule has 0 bridgehead atoms. The zero-order valence-electron chi connectivity index (χ0n) is 12.0. The Balaban J connectivity index is 1.83. The molecule has 2 aromatic heterocycles. The van der Waals surface area contributed by atoms with Crippen LogP contribution in [0.15, 0.2) is 34.9 Å². The number of amides is 1. The number of hydrogen-bond acceptors (Lipinski definition) is 5. The summed E-state index contributed by atoms with van der Waals surface area (Å²) in [6.07, 6.45) is 0. The second kappa shape index (κ2) is 6.47. The molecule has 0 saturated heterocycles. The minimum absolute atomic E-state index is 0.0900. The first-order chi connectivity index (χ1) is 11.0. The monoisotopic (exact) mass is 351 g/mol. The summed E-state index contributed by atoms with van der Waals surface area (Å²) in [6, 6.07) is 7.70. The largest absolute Gasteiger partial charge is 0.351 e. The van der Waals surface area contributed by atoms with Crippen LogP contribution in [0.1, 0.15) is 11.8 Å². The Hall–Kier alpha value is -2.25. The molecular formula is C15H11ClFN3O2S. The fraction of sp³-hybridized carbons (Fsp3) is 0.133. The number of rotatable bonds is 4. The van der Waals surface area contributed by atoms with Gasteiger partial charge in [-0.15, -0.1) is 11.3 Å². The average Bonchev–Trinajstić information content (AvgIpc) is 3.14. The molecule has 118 valence electrons. The van der Waals surface area contributed by atoms with Crippen molar-refractivity contribution in [3.05, 3.63) is 46.0 Å². The summed E-state index contributed by atoms with van der Waals surface area (Å²) in [4.78, 5) is 17.0. The lowest BCUT2D eigenvalue weighted by Gasteiger charge is -1.97. The quantitative estimate of drug-likeness (QED) is 0.774. The van der Waals surface area contributed by atoms with Gasteiger partial charge in [0.2, 0.25) is 11.7 Å². The van der Waals surface area contributed by atoms with E-state index in [0.717, 1.165) is 9.75 Å². The van der Waals surface area contributed by atoms with Gasteiger partial charge in [-0.3, -0.25) is 4.79 Å². The molecule has 23 heavy (non-hydrogen) atoms. The summed E-state index contributed by atoms with van der Waals surface area (Å²) in [5, 5.41) is 6.85. The number of hydrogen-bond donors (Lipinski definition) is 1. The second-order valence-electron chi connectivity index (χ2n) is 4.72. The molecule has 3 aromatic rings. The van der Waals surface area contributed by atoms with Crippen LogP contribution in [0.5, 0.6) is 0 Å². The number of benzene rings is 1. The van der Waals surface area contributed by atoms with E-state index in [-0.39, 0.29) is 16.8 Å². The first-order valence-electron chi connectivity index (χ1n) is 6.65. The summed E-state index contributed by atoms with van der Waals surface area (Å²) in [7, 11) is 0. The standard InChI is InChI=1S/C15H11ClFN3O2S/c1-8(21)18-7-10-3-5-13(23-10)14-19-15(22-20-14)11-4-2-9(17)6-12(11)16/h2-6H,7H2,1H3,(H,18,21). The van der Waals surface area contributed by atoms with Crippen LogP contribution in [0.4, 0.5) is 4.39 Å². The van der Waals surface area contributed by atoms with Crippen molar-refractivity contribution in [3.63, 3.8) is 0 Å². The fourth-order valence-corrected chi connectivity index (χ4v) is 3.02. The van der Waals surface area contributed by atoms with Crippen LogP contribution in [-0.2, 0) is 11.3 Å². The highest BCUT2D eigenvalue weighted by Gasteiger charge is 2.15. The number of nitrogens with zero attached hydrogens (tertiary/aromatic N) is 2. The van der Waals surface area contributed by atoms with Gasteiger partial charge in [-0.1, -0.05) is 16.8 Å². The van der Waals surface area contributed by atoms with Crippen molar-refractivity contribution in [2.45, 2.75) is 13.5 Å². The zero-order chi connectivity index (χ0) is 16.4. The minimum atomic E-state index is -0.431. The van der Waals surface area contributed by atoms with E-state index in [9.17, 15) is 9.18 Å². The summed E-state index contributed by atoms with van der Waals surface area (Å²) in [5.41, 5.74) is 0.474. The predicted molar refractivity (Wildman–Crippen MR) is 85.5 cm³/mol. The molecule has 1 N–H and O–H groups in total. The van der Waals surface area contributed by atoms with E-state index in [0.29, 0.717) is 17.9 Å². The second-order valence-corrected chi connectivity index (χ2v) is 6.30. The number of aromatic nitrogens is 2. The lowest BCUT2D eigenvalue weighted by Crippen LogP contribution is -2.17. The summed E-state index contributed by atoms with van der Waals surface area (Å²) in [5.74, 6) is 0.119. The van der Waals surface area contributed by atoms with Crippen LogP contribution in [0.2, 0.25) is 5.02 Å². The summed E-state index contributed by atoms with van der Waals surface area (Å²) >= 11 is 7.44. The lowest BCUT2D eigenvalue weighted by molar-refractivity contribution is -0.119. The zero-order valence-corrected chi connectivity index (χ0v) is 13.5. The van der Waals surface area contributed by atoms with Gasteiger partial charge in [0, 0.05) is 11.8 Å². The third-order valence-corrected chi connectivity index (χ3v) is 4.38. The van der Waals surface area contributed by atoms with E-state index >= 15 is 0 Å². The van der Waals surface area contributed by atoms with Crippen molar-refractivity contribution < 1.29 is 13.7 Å². The van der Waals surface area contributed by atoms with Crippen LogP contribution in [0.25, 0.3) is 22.2 Å². The highest BCUT2D eigenvalue weighted by Crippen LogP contribution is 2.31. The van der Waals surface area contributed by atoms with Gasteiger partial charge in [-0.05, 0) is 30.3 Å². The molecule has 8 heteroatoms. The van der Waals surface area contributed by atoms with Crippen LogP contribution < -0.4 is 5.32 Å². The van der Waals surface area contributed by atoms with Crippen molar-refractivity contribution in [2.75, 3.05) is 0 Å². The Morgan fingerprint density at radius 2 is 2.22 bits per heavy atom. The van der Waals surface area contributed by atoms with Crippen LogP contribution >= 0.6 is 22.9 Å². The van der Waals surface area contributed by atoms with E-state index in [1.807, 2.05) is 12.1 Å². The fourth-order valence-electron chi connectivity index (χ4n) is 1.90. The van der Waals surface area contributed by atoms with E-state index in [1.165, 1.54) is 36.5 Å². The number of nitrogens with one attached hydrogen (secondary N) is 1. The molecule has 0 spiro atoms. The van der Waals surface area contributed by atoms with Gasteiger partial charge in [0.05, 0.1) is 22.0 Å². The first-order valence-corrected chi connectivity index (χ1v) is 7.85. The van der Waals surface area contributed by atoms with Gasteiger partial charge in [0.25, 0.3) is 5.89 Å². The van der Waals surface area contributed by atoms with Crippen molar-refractivity contribution in [3.8, 4) is 22.2 Å². The minimum Gasteiger partial charge on any atom is -0.351 e. The molecule has 0 aliphatic carbocycles. The maximum atomic E-state index is 13.1. The Bertz CT molecular complexity index is 862. The van der Waals surface area contributed by atoms with Crippen molar-refractivity contribution >= 4 is 28.8 Å². The summed E-state index contributed by atoms with van der Waals surface area (Å²) < 4.78 is 18.3. The van der Waals surface area contributed by atoms with Gasteiger partial charge in [0.1, 0.15) is 5.82 Å². The molecule has 0 aliphatic rings. The first kappa shape index (κ1) is 15.6. The van der Waals surface area contributed by atoms with Gasteiger partial charge in [0.15, 0.2) is 0 Å². The number of carbonyl (C=O) groups is 1. The normalized spacial score (nSPS) is 10.7. The molecule has 1 aromatic carbocycles. The summed E-state index contributed by atoms with van der Waals surface area (Å²) in [6.45, 7) is 1.92. The van der Waals surface area contributed by atoms with E-state index < -0.39 is 5.82 Å². The third kappa shape index (κ3) is 3.57. The number of thiophene rings is 1. The molecule has 0 radical (unpaired) electrons. The third-order valence-electron chi connectivity index (χ3n) is 2.98. The highest BCUT2D eigenvalue weighted by atomic mass is 35.5. The predicted octanol–water partition coefficient (Wildman–Crippen LogP) is 3.89. The highest BCUT2D eigenvalue weighted by molar-refractivity contribution is 7.15. The topological polar surface area (TPSA) is 68.0 Å². The maximum Gasteiger partial charge on any atom is 0.259 e. The molecule has 0 aliphatic heterocycles. The van der Waals surface area contributed by atoms with Crippen molar-refractivity contribution in [2.24, 2.45) is 0 Å². The molecule has 5 nitrogen and oxygen atoms in total.